The van der Waals surface area contributed by atoms with Crippen molar-refractivity contribution in [1.82, 2.24) is 0 Å². The normalized spacial score (nSPS) is 43.2. The van der Waals surface area contributed by atoms with Crippen LogP contribution in [0.3, 0.4) is 0 Å². The van der Waals surface area contributed by atoms with Crippen LogP contribution < -0.4 is 0 Å². The van der Waals surface area contributed by atoms with Crippen LogP contribution in [-0.4, -0.2) is 11.2 Å². The minimum Gasteiger partial charge on any atom is -0.393 e. The summed E-state index contributed by atoms with van der Waals surface area (Å²) in [4.78, 5) is 0. The van der Waals surface area contributed by atoms with E-state index in [-0.39, 0.29) is 6.10 Å². The van der Waals surface area contributed by atoms with Crippen LogP contribution in [-0.2, 0) is 0 Å². The lowest BCUT2D eigenvalue weighted by atomic mass is 9.63. The predicted molar refractivity (Wildman–Crippen MR) is 68.2 cm³/mol. The monoisotopic (exact) mass is 222 g/mol. The molecule has 1 saturated carbocycles. The van der Waals surface area contributed by atoms with E-state index in [1.807, 2.05) is 0 Å². The molecular weight excluding hydrogens is 196 g/mol. The molecule has 1 heteroatoms. The summed E-state index contributed by atoms with van der Waals surface area (Å²) in [6.45, 7) is 9.40. The molecule has 0 radical (unpaired) electrons. The SMILES string of the molecule is CC1=CCC(C2CC(O)CCC2C)C1(C)C. The molecule has 2 aliphatic rings. The van der Waals surface area contributed by atoms with Crippen molar-refractivity contribution >= 4 is 0 Å². The van der Waals surface area contributed by atoms with Gasteiger partial charge in [0.25, 0.3) is 0 Å². The molecule has 4 atom stereocenters. The third kappa shape index (κ3) is 1.95. The first-order chi connectivity index (χ1) is 7.43. The van der Waals surface area contributed by atoms with Gasteiger partial charge in [0, 0.05) is 0 Å². The Morgan fingerprint density at radius 1 is 1.31 bits per heavy atom. The lowest BCUT2D eigenvalue weighted by Gasteiger charge is -2.42. The van der Waals surface area contributed by atoms with Gasteiger partial charge in [-0.2, -0.15) is 0 Å². The number of aliphatic hydroxyl groups excluding tert-OH is 1. The van der Waals surface area contributed by atoms with Gasteiger partial charge in [-0.25, -0.2) is 0 Å². The topological polar surface area (TPSA) is 20.2 Å². The maximum Gasteiger partial charge on any atom is 0.0543 e. The van der Waals surface area contributed by atoms with E-state index in [1.54, 1.807) is 5.57 Å². The maximum absolute atomic E-state index is 9.88. The Kier molecular flexibility index (Phi) is 3.18. The highest BCUT2D eigenvalue weighted by atomic mass is 16.3. The fourth-order valence-corrected chi connectivity index (χ4v) is 3.76. The molecule has 16 heavy (non-hydrogen) atoms. The summed E-state index contributed by atoms with van der Waals surface area (Å²) in [6, 6.07) is 0. The zero-order valence-corrected chi connectivity index (χ0v) is 11.2. The van der Waals surface area contributed by atoms with Crippen LogP contribution in [0.2, 0.25) is 0 Å². The van der Waals surface area contributed by atoms with E-state index in [4.69, 9.17) is 0 Å². The van der Waals surface area contributed by atoms with Crippen molar-refractivity contribution in [3.05, 3.63) is 11.6 Å². The minimum absolute atomic E-state index is 0.0436. The molecule has 2 aliphatic carbocycles. The first-order valence-electron chi connectivity index (χ1n) is 6.78. The highest BCUT2D eigenvalue weighted by molar-refractivity contribution is 5.19. The van der Waals surface area contributed by atoms with Crippen molar-refractivity contribution in [1.29, 1.82) is 0 Å². The van der Waals surface area contributed by atoms with Gasteiger partial charge in [0.05, 0.1) is 6.10 Å². The standard InChI is InChI=1S/C15H26O/c1-10-5-7-12(16)9-13(10)14-8-6-11(2)15(14,3)4/h6,10,12-14,16H,5,7-9H2,1-4H3. The fourth-order valence-electron chi connectivity index (χ4n) is 3.76. The second kappa shape index (κ2) is 4.18. The molecule has 0 spiro atoms. The first kappa shape index (κ1) is 12.2. The Bertz CT molecular complexity index is 290. The van der Waals surface area contributed by atoms with Crippen LogP contribution in [0.15, 0.2) is 11.6 Å². The predicted octanol–water partition coefficient (Wildman–Crippen LogP) is 3.78. The Morgan fingerprint density at radius 2 is 2.00 bits per heavy atom. The number of rotatable bonds is 1. The molecule has 0 aromatic heterocycles. The van der Waals surface area contributed by atoms with Gasteiger partial charge in [-0.1, -0.05) is 32.4 Å². The van der Waals surface area contributed by atoms with Gasteiger partial charge >= 0.3 is 0 Å². The van der Waals surface area contributed by atoms with Gasteiger partial charge in [-0.15, -0.1) is 0 Å². The third-order valence-corrected chi connectivity index (χ3v) is 5.37. The van der Waals surface area contributed by atoms with E-state index < -0.39 is 0 Å². The van der Waals surface area contributed by atoms with Crippen molar-refractivity contribution in [3.8, 4) is 0 Å². The second-order valence-electron chi connectivity index (χ2n) is 6.56. The smallest absolute Gasteiger partial charge is 0.0543 e. The zero-order chi connectivity index (χ0) is 11.9. The number of hydrogen-bond donors (Lipinski definition) is 1. The average molecular weight is 222 g/mol. The van der Waals surface area contributed by atoms with Gasteiger partial charge in [-0.3, -0.25) is 0 Å². The second-order valence-corrected chi connectivity index (χ2v) is 6.56. The van der Waals surface area contributed by atoms with Crippen LogP contribution >= 0.6 is 0 Å². The summed E-state index contributed by atoms with van der Waals surface area (Å²) in [5, 5.41) is 9.88. The molecule has 92 valence electrons. The van der Waals surface area contributed by atoms with E-state index in [9.17, 15) is 5.11 Å². The Morgan fingerprint density at radius 3 is 2.56 bits per heavy atom. The quantitative estimate of drug-likeness (QED) is 0.669. The van der Waals surface area contributed by atoms with Gasteiger partial charge in [-0.05, 0) is 55.8 Å². The summed E-state index contributed by atoms with van der Waals surface area (Å²) < 4.78 is 0. The lowest BCUT2D eigenvalue weighted by molar-refractivity contribution is 0.0259. The zero-order valence-electron chi connectivity index (χ0n) is 11.2. The first-order valence-corrected chi connectivity index (χ1v) is 6.78. The van der Waals surface area contributed by atoms with Gasteiger partial charge < -0.3 is 5.11 Å². The molecule has 0 aliphatic heterocycles. The molecule has 0 aromatic carbocycles. The molecule has 0 amide bonds. The van der Waals surface area contributed by atoms with E-state index in [0.29, 0.717) is 11.3 Å². The van der Waals surface area contributed by atoms with Crippen molar-refractivity contribution in [2.75, 3.05) is 0 Å². The van der Waals surface area contributed by atoms with E-state index in [1.165, 1.54) is 12.8 Å². The van der Waals surface area contributed by atoms with Crippen LogP contribution in [0.25, 0.3) is 0 Å². The van der Waals surface area contributed by atoms with Crippen molar-refractivity contribution in [3.63, 3.8) is 0 Å². The Labute approximate surface area is 99.9 Å². The van der Waals surface area contributed by atoms with Crippen molar-refractivity contribution in [2.45, 2.75) is 59.5 Å². The summed E-state index contributed by atoms with van der Waals surface area (Å²) in [7, 11) is 0. The Hall–Kier alpha value is -0.300. The number of hydrogen-bond acceptors (Lipinski definition) is 1. The van der Waals surface area contributed by atoms with E-state index in [0.717, 1.165) is 24.7 Å². The highest BCUT2D eigenvalue weighted by Crippen LogP contribution is 2.51. The van der Waals surface area contributed by atoms with Crippen LogP contribution in [0.4, 0.5) is 0 Å². The summed E-state index contributed by atoms with van der Waals surface area (Å²) in [5.74, 6) is 2.25. The van der Waals surface area contributed by atoms with Crippen molar-refractivity contribution in [2.24, 2.45) is 23.2 Å². The molecule has 1 fully saturated rings. The van der Waals surface area contributed by atoms with E-state index in [2.05, 4.69) is 33.8 Å². The molecule has 4 unspecified atom stereocenters. The minimum atomic E-state index is -0.0436. The summed E-state index contributed by atoms with van der Waals surface area (Å²) in [5.41, 5.74) is 1.89. The molecule has 0 bridgehead atoms. The number of allylic oxidation sites excluding steroid dienone is 2. The molecule has 0 heterocycles. The van der Waals surface area contributed by atoms with Crippen LogP contribution in [0.1, 0.15) is 53.4 Å². The number of aliphatic hydroxyl groups is 1. The summed E-state index contributed by atoms with van der Waals surface area (Å²) in [6.07, 6.45) is 6.84. The van der Waals surface area contributed by atoms with E-state index >= 15 is 0 Å². The van der Waals surface area contributed by atoms with Crippen LogP contribution in [0.5, 0.6) is 0 Å². The molecule has 0 saturated heterocycles. The van der Waals surface area contributed by atoms with Crippen molar-refractivity contribution < 1.29 is 5.11 Å². The molecule has 1 N–H and O–H groups in total. The summed E-state index contributed by atoms with van der Waals surface area (Å²) >= 11 is 0. The highest BCUT2D eigenvalue weighted by Gasteiger charge is 2.43. The van der Waals surface area contributed by atoms with Gasteiger partial charge in [0.1, 0.15) is 0 Å². The lowest BCUT2D eigenvalue weighted by Crippen LogP contribution is -2.37. The molecule has 1 nitrogen and oxygen atoms in total. The van der Waals surface area contributed by atoms with Crippen LogP contribution in [0, 0.1) is 23.2 Å². The maximum atomic E-state index is 9.88. The molecule has 2 rings (SSSR count). The third-order valence-electron chi connectivity index (χ3n) is 5.37. The van der Waals surface area contributed by atoms with Gasteiger partial charge in [0.2, 0.25) is 0 Å². The van der Waals surface area contributed by atoms with Gasteiger partial charge in [0.15, 0.2) is 0 Å². The average Bonchev–Trinajstić information content (AvgIpc) is 2.47. The largest absolute Gasteiger partial charge is 0.393 e. The molecular formula is C15H26O. The Balaban J connectivity index is 2.13. The fraction of sp³-hybridized carbons (Fsp3) is 0.867. The molecule has 0 aromatic rings.